The molecular formula is C28H33N3O2. The minimum Gasteiger partial charge on any atom is -0.369 e. The molecule has 4 aliphatic rings. The standard InChI is InChI=1S/C28H33N3O2/c1-27(2,23-7-5-18(6-8-23)3-4-19-9-11-30-12-10-19)26(33)31-24-21-13-20-14-22(24)17-28(15-20,16-21)25(29)32/h3-12,20-22,24H,13-17H2,1-2H3,(H2,29,32)(H,31,33)/b4-3+. The van der Waals surface area contributed by atoms with Gasteiger partial charge in [0, 0.05) is 23.9 Å². The summed E-state index contributed by atoms with van der Waals surface area (Å²) in [6.07, 6.45) is 12.5. The Morgan fingerprint density at radius 2 is 1.55 bits per heavy atom. The predicted octanol–water partition coefficient (Wildman–Crippen LogP) is 4.33. The number of carbonyl (C=O) groups is 2. The van der Waals surface area contributed by atoms with E-state index in [1.807, 2.05) is 38.1 Å². The third-order valence-electron chi connectivity index (χ3n) is 8.47. The molecule has 2 atom stereocenters. The van der Waals surface area contributed by atoms with E-state index < -0.39 is 5.41 Å². The molecule has 6 rings (SSSR count). The lowest BCUT2D eigenvalue weighted by Crippen LogP contribution is -2.63. The number of nitrogens with one attached hydrogen (secondary N) is 1. The summed E-state index contributed by atoms with van der Waals surface area (Å²) in [5.41, 5.74) is 8.04. The van der Waals surface area contributed by atoms with E-state index in [1.165, 1.54) is 0 Å². The first kappa shape index (κ1) is 21.9. The second-order valence-corrected chi connectivity index (χ2v) is 11.0. The van der Waals surface area contributed by atoms with Crippen LogP contribution in [-0.4, -0.2) is 22.8 Å². The van der Waals surface area contributed by atoms with Gasteiger partial charge in [0.25, 0.3) is 0 Å². The summed E-state index contributed by atoms with van der Waals surface area (Å²) in [6, 6.07) is 12.3. The van der Waals surface area contributed by atoms with Crippen molar-refractivity contribution in [3.63, 3.8) is 0 Å². The van der Waals surface area contributed by atoms with E-state index in [0.717, 1.165) is 48.8 Å². The lowest BCUT2D eigenvalue weighted by molar-refractivity contribution is -0.148. The average molecular weight is 444 g/mol. The number of hydrogen-bond donors (Lipinski definition) is 2. The quantitative estimate of drug-likeness (QED) is 0.697. The van der Waals surface area contributed by atoms with Crippen molar-refractivity contribution in [3.05, 3.63) is 65.5 Å². The van der Waals surface area contributed by atoms with Crippen LogP contribution in [0.5, 0.6) is 0 Å². The molecule has 3 N–H and O–H groups in total. The fraction of sp³-hybridized carbons (Fsp3) is 0.464. The highest BCUT2D eigenvalue weighted by Gasteiger charge is 2.58. The van der Waals surface area contributed by atoms with Gasteiger partial charge in [-0.2, -0.15) is 0 Å². The molecule has 1 heterocycles. The molecule has 0 saturated heterocycles. The van der Waals surface area contributed by atoms with Crippen molar-refractivity contribution >= 4 is 24.0 Å². The number of nitrogens with zero attached hydrogens (tertiary/aromatic N) is 1. The van der Waals surface area contributed by atoms with Crippen LogP contribution < -0.4 is 11.1 Å². The Balaban J connectivity index is 1.27. The lowest BCUT2D eigenvalue weighted by Gasteiger charge is -2.59. The maximum absolute atomic E-state index is 13.4. The second-order valence-electron chi connectivity index (χ2n) is 11.0. The number of carbonyl (C=O) groups excluding carboxylic acids is 2. The van der Waals surface area contributed by atoms with E-state index in [1.54, 1.807) is 12.4 Å². The van der Waals surface area contributed by atoms with E-state index in [0.29, 0.717) is 17.8 Å². The Kier molecular flexibility index (Phi) is 5.38. The lowest BCUT2D eigenvalue weighted by atomic mass is 9.47. The van der Waals surface area contributed by atoms with Gasteiger partial charge in [-0.1, -0.05) is 36.4 Å². The van der Waals surface area contributed by atoms with Gasteiger partial charge in [0.1, 0.15) is 0 Å². The van der Waals surface area contributed by atoms with Gasteiger partial charge in [0.05, 0.1) is 5.41 Å². The van der Waals surface area contributed by atoms with E-state index in [-0.39, 0.29) is 23.3 Å². The van der Waals surface area contributed by atoms with Crippen LogP contribution in [0.15, 0.2) is 48.8 Å². The van der Waals surface area contributed by atoms with Crippen molar-refractivity contribution in [2.45, 2.75) is 57.4 Å². The van der Waals surface area contributed by atoms with Crippen LogP contribution in [0, 0.1) is 23.2 Å². The molecule has 0 radical (unpaired) electrons. The summed E-state index contributed by atoms with van der Waals surface area (Å²) in [7, 11) is 0. The van der Waals surface area contributed by atoms with E-state index in [9.17, 15) is 9.59 Å². The first-order valence-corrected chi connectivity index (χ1v) is 12.1. The second kappa shape index (κ2) is 8.12. The molecule has 2 aromatic rings. The summed E-state index contributed by atoms with van der Waals surface area (Å²) >= 11 is 0. The van der Waals surface area contributed by atoms with Crippen LogP contribution in [0.2, 0.25) is 0 Å². The molecule has 0 spiro atoms. The highest BCUT2D eigenvalue weighted by Crippen LogP contribution is 2.60. The van der Waals surface area contributed by atoms with Gasteiger partial charge in [0.15, 0.2) is 0 Å². The van der Waals surface area contributed by atoms with Gasteiger partial charge < -0.3 is 11.1 Å². The van der Waals surface area contributed by atoms with Crippen molar-refractivity contribution < 1.29 is 9.59 Å². The van der Waals surface area contributed by atoms with Crippen LogP contribution in [0.1, 0.15) is 62.6 Å². The molecule has 172 valence electrons. The minimum atomic E-state index is -0.636. The SMILES string of the molecule is CC(C)(C(=O)NC1C2CC3CC1CC(C(N)=O)(C3)C2)c1ccc(/C=C/c2ccncc2)cc1. The summed E-state index contributed by atoms with van der Waals surface area (Å²) in [6.45, 7) is 3.98. The fourth-order valence-electron chi connectivity index (χ4n) is 6.70. The van der Waals surface area contributed by atoms with Gasteiger partial charge in [-0.3, -0.25) is 14.6 Å². The molecule has 5 heteroatoms. The largest absolute Gasteiger partial charge is 0.369 e. The zero-order valence-corrected chi connectivity index (χ0v) is 19.5. The summed E-state index contributed by atoms with van der Waals surface area (Å²) in [5, 5.41) is 3.41. The summed E-state index contributed by atoms with van der Waals surface area (Å²) < 4.78 is 0. The van der Waals surface area contributed by atoms with E-state index in [4.69, 9.17) is 5.73 Å². The van der Waals surface area contributed by atoms with Crippen molar-refractivity contribution in [2.75, 3.05) is 0 Å². The monoisotopic (exact) mass is 443 g/mol. The number of primary amides is 1. The summed E-state index contributed by atoms with van der Waals surface area (Å²) in [4.78, 5) is 29.7. The molecule has 5 nitrogen and oxygen atoms in total. The van der Waals surface area contributed by atoms with Crippen LogP contribution in [-0.2, 0) is 15.0 Å². The molecular weight excluding hydrogens is 410 g/mol. The zero-order valence-electron chi connectivity index (χ0n) is 19.5. The van der Waals surface area contributed by atoms with Crippen molar-refractivity contribution in [2.24, 2.45) is 28.9 Å². The van der Waals surface area contributed by atoms with Crippen LogP contribution in [0.3, 0.4) is 0 Å². The molecule has 2 amide bonds. The molecule has 4 aliphatic carbocycles. The number of amides is 2. The third-order valence-corrected chi connectivity index (χ3v) is 8.47. The van der Waals surface area contributed by atoms with Crippen molar-refractivity contribution in [1.82, 2.24) is 10.3 Å². The maximum Gasteiger partial charge on any atom is 0.230 e. The maximum atomic E-state index is 13.4. The fourth-order valence-corrected chi connectivity index (χ4v) is 6.70. The van der Waals surface area contributed by atoms with Crippen LogP contribution in [0.25, 0.3) is 12.2 Å². The number of benzene rings is 1. The highest BCUT2D eigenvalue weighted by atomic mass is 16.2. The Morgan fingerprint density at radius 3 is 2.12 bits per heavy atom. The molecule has 4 bridgehead atoms. The van der Waals surface area contributed by atoms with Crippen LogP contribution in [0.4, 0.5) is 0 Å². The highest BCUT2D eigenvalue weighted by molar-refractivity contribution is 5.88. The molecule has 2 unspecified atom stereocenters. The third kappa shape index (κ3) is 3.98. The van der Waals surface area contributed by atoms with E-state index in [2.05, 4.69) is 34.6 Å². The number of aromatic nitrogens is 1. The minimum absolute atomic E-state index is 0.0631. The molecule has 0 aliphatic heterocycles. The van der Waals surface area contributed by atoms with Crippen molar-refractivity contribution in [1.29, 1.82) is 0 Å². The van der Waals surface area contributed by atoms with Gasteiger partial charge in [0.2, 0.25) is 11.8 Å². The molecule has 1 aromatic carbocycles. The Morgan fingerprint density at radius 1 is 0.970 bits per heavy atom. The van der Waals surface area contributed by atoms with Crippen molar-refractivity contribution in [3.8, 4) is 0 Å². The Hall–Kier alpha value is -2.95. The molecule has 4 fully saturated rings. The number of rotatable bonds is 6. The molecule has 1 aromatic heterocycles. The van der Waals surface area contributed by atoms with Gasteiger partial charge in [-0.25, -0.2) is 0 Å². The number of pyridine rings is 1. The molecule has 33 heavy (non-hydrogen) atoms. The predicted molar refractivity (Wildman–Crippen MR) is 130 cm³/mol. The number of hydrogen-bond acceptors (Lipinski definition) is 3. The summed E-state index contributed by atoms with van der Waals surface area (Å²) in [5.74, 6) is 1.25. The number of nitrogens with two attached hydrogens (primary N) is 1. The topological polar surface area (TPSA) is 85.1 Å². The zero-order chi connectivity index (χ0) is 23.2. The van der Waals surface area contributed by atoms with Gasteiger partial charge >= 0.3 is 0 Å². The van der Waals surface area contributed by atoms with Gasteiger partial charge in [-0.15, -0.1) is 0 Å². The Bertz CT molecular complexity index is 1060. The first-order valence-electron chi connectivity index (χ1n) is 12.1. The average Bonchev–Trinajstić information content (AvgIpc) is 2.80. The van der Waals surface area contributed by atoms with E-state index >= 15 is 0 Å². The molecule has 4 saturated carbocycles. The van der Waals surface area contributed by atoms with Crippen LogP contribution >= 0.6 is 0 Å². The Labute approximate surface area is 195 Å². The van der Waals surface area contributed by atoms with Gasteiger partial charge in [-0.05, 0) is 92.5 Å². The smallest absolute Gasteiger partial charge is 0.230 e. The first-order chi connectivity index (χ1) is 15.8. The normalized spacial score (nSPS) is 30.5.